The van der Waals surface area contributed by atoms with E-state index in [4.69, 9.17) is 25.7 Å². The number of nitrogens with two attached hydrogens (primary N) is 1. The third kappa shape index (κ3) is 3.81. The fraction of sp³-hybridized carbons (Fsp3) is 0.318. The Bertz CT molecular complexity index is 1380. The van der Waals surface area contributed by atoms with Crippen molar-refractivity contribution in [2.75, 3.05) is 13.2 Å². The molecule has 1 saturated heterocycles. The van der Waals surface area contributed by atoms with Crippen molar-refractivity contribution in [1.82, 2.24) is 39.2 Å². The molecular formula is C22H26N10O. The molecule has 1 aliphatic heterocycles. The maximum Gasteiger partial charge on any atom is 0.218 e. The van der Waals surface area contributed by atoms with Crippen LogP contribution in [0.15, 0.2) is 47.8 Å². The standard InChI is InChI=1S/C22H26N10O/c1-13(2)31-8-5-16(28-31)15-12-32-19(14(15)3)20(26-17(23)11-18-24-7-10-33-18)27-21(29-32)22-25-6-9-30(22)4/h5-6,8-9,11-13,24H,7,10H2,1-4H3,(H2,23,26,27,29)/b18-11+. The Labute approximate surface area is 190 Å². The first-order valence-electron chi connectivity index (χ1n) is 10.8. The van der Waals surface area contributed by atoms with Gasteiger partial charge < -0.3 is 20.4 Å². The lowest BCUT2D eigenvalue weighted by Crippen LogP contribution is -2.13. The van der Waals surface area contributed by atoms with Crippen LogP contribution in [-0.2, 0) is 11.8 Å². The van der Waals surface area contributed by atoms with Crippen molar-refractivity contribution in [2.45, 2.75) is 26.8 Å². The summed E-state index contributed by atoms with van der Waals surface area (Å²) in [6.45, 7) is 7.54. The number of nitrogens with zero attached hydrogens (tertiary/aromatic N) is 8. The van der Waals surface area contributed by atoms with Crippen LogP contribution in [0.1, 0.15) is 25.5 Å². The van der Waals surface area contributed by atoms with Gasteiger partial charge in [0.15, 0.2) is 17.5 Å². The van der Waals surface area contributed by atoms with Gasteiger partial charge in [0.25, 0.3) is 0 Å². The van der Waals surface area contributed by atoms with Crippen LogP contribution in [0.3, 0.4) is 0 Å². The molecule has 11 nitrogen and oxygen atoms in total. The van der Waals surface area contributed by atoms with Crippen molar-refractivity contribution in [3.63, 3.8) is 0 Å². The fourth-order valence-electron chi connectivity index (χ4n) is 3.76. The van der Waals surface area contributed by atoms with Gasteiger partial charge in [-0.3, -0.25) is 4.68 Å². The summed E-state index contributed by atoms with van der Waals surface area (Å²) in [5.74, 6) is 2.39. The molecule has 33 heavy (non-hydrogen) atoms. The summed E-state index contributed by atoms with van der Waals surface area (Å²) in [7, 11) is 1.89. The Morgan fingerprint density at radius 3 is 2.82 bits per heavy atom. The van der Waals surface area contributed by atoms with E-state index < -0.39 is 0 Å². The molecule has 0 amide bonds. The monoisotopic (exact) mass is 446 g/mol. The molecule has 11 heteroatoms. The van der Waals surface area contributed by atoms with E-state index in [9.17, 15) is 0 Å². The van der Waals surface area contributed by atoms with Gasteiger partial charge in [-0.2, -0.15) is 5.10 Å². The van der Waals surface area contributed by atoms with Crippen molar-refractivity contribution < 1.29 is 4.74 Å². The first-order chi connectivity index (χ1) is 15.9. The molecule has 1 fully saturated rings. The van der Waals surface area contributed by atoms with Crippen molar-refractivity contribution in [3.05, 3.63) is 48.4 Å². The van der Waals surface area contributed by atoms with E-state index in [1.165, 1.54) is 0 Å². The van der Waals surface area contributed by atoms with Gasteiger partial charge in [0, 0.05) is 49.5 Å². The highest BCUT2D eigenvalue weighted by atomic mass is 16.5. The lowest BCUT2D eigenvalue weighted by molar-refractivity contribution is 0.266. The second kappa shape index (κ2) is 8.08. The van der Waals surface area contributed by atoms with Gasteiger partial charge in [-0.25, -0.2) is 19.5 Å². The molecular weight excluding hydrogens is 420 g/mol. The summed E-state index contributed by atoms with van der Waals surface area (Å²) in [5.41, 5.74) is 9.76. The number of imidazole rings is 1. The average molecular weight is 447 g/mol. The Kier molecular flexibility index (Phi) is 5.08. The summed E-state index contributed by atoms with van der Waals surface area (Å²) < 4.78 is 11.0. The number of nitrogens with one attached hydrogen (secondary N) is 1. The van der Waals surface area contributed by atoms with E-state index in [1.54, 1.807) is 16.8 Å². The van der Waals surface area contributed by atoms with Gasteiger partial charge >= 0.3 is 0 Å². The van der Waals surface area contributed by atoms with Crippen LogP contribution in [0.2, 0.25) is 0 Å². The van der Waals surface area contributed by atoms with Crippen LogP contribution in [0.25, 0.3) is 28.4 Å². The molecule has 3 N–H and O–H groups in total. The van der Waals surface area contributed by atoms with Crippen LogP contribution in [-0.4, -0.2) is 52.9 Å². The molecule has 5 rings (SSSR count). The van der Waals surface area contributed by atoms with E-state index in [0.29, 0.717) is 30.0 Å². The molecule has 4 aromatic heterocycles. The van der Waals surface area contributed by atoms with E-state index in [1.807, 2.05) is 47.9 Å². The third-order valence-corrected chi connectivity index (χ3v) is 5.47. The Morgan fingerprint density at radius 1 is 1.30 bits per heavy atom. The zero-order valence-electron chi connectivity index (χ0n) is 19.0. The first kappa shape index (κ1) is 20.7. The third-order valence-electron chi connectivity index (χ3n) is 5.47. The number of aryl methyl sites for hydroxylation is 2. The van der Waals surface area contributed by atoms with Crippen molar-refractivity contribution in [2.24, 2.45) is 17.8 Å². The predicted molar refractivity (Wildman–Crippen MR) is 125 cm³/mol. The minimum Gasteiger partial charge on any atom is -0.477 e. The van der Waals surface area contributed by atoms with Crippen LogP contribution in [0, 0.1) is 6.92 Å². The topological polar surface area (TPSA) is 125 Å². The second-order valence-electron chi connectivity index (χ2n) is 8.18. The van der Waals surface area contributed by atoms with Gasteiger partial charge in [-0.05, 0) is 32.4 Å². The van der Waals surface area contributed by atoms with Gasteiger partial charge in [0.1, 0.15) is 18.0 Å². The zero-order chi connectivity index (χ0) is 23.1. The minimum atomic E-state index is 0.269. The largest absolute Gasteiger partial charge is 0.477 e. The molecule has 4 aromatic rings. The quantitative estimate of drug-likeness (QED) is 0.356. The molecule has 0 saturated carbocycles. The second-order valence-corrected chi connectivity index (χ2v) is 8.18. The van der Waals surface area contributed by atoms with Gasteiger partial charge in [-0.1, -0.05) is 0 Å². The molecule has 0 spiro atoms. The zero-order valence-corrected chi connectivity index (χ0v) is 19.0. The van der Waals surface area contributed by atoms with Gasteiger partial charge in [0.2, 0.25) is 5.82 Å². The molecule has 0 aliphatic carbocycles. The Hall–Kier alpha value is -4.15. The molecule has 0 atom stereocenters. The van der Waals surface area contributed by atoms with Crippen LogP contribution < -0.4 is 11.1 Å². The smallest absolute Gasteiger partial charge is 0.218 e. The highest BCUT2D eigenvalue weighted by molar-refractivity contribution is 5.95. The maximum atomic E-state index is 6.23. The average Bonchev–Trinajstić information content (AvgIpc) is 3.55. The van der Waals surface area contributed by atoms with Crippen LogP contribution >= 0.6 is 0 Å². The number of amidine groups is 1. The Balaban J connectivity index is 1.69. The lowest BCUT2D eigenvalue weighted by Gasteiger charge is -2.06. The first-order valence-corrected chi connectivity index (χ1v) is 10.8. The SMILES string of the molecule is Cc1c(-c2ccn(C(C)C)n2)cn2nc(-c3nccn3C)nc(N=C(N)/C=C3\NCCO3)c12. The van der Waals surface area contributed by atoms with Crippen molar-refractivity contribution in [1.29, 1.82) is 0 Å². The minimum absolute atomic E-state index is 0.269. The number of hydrogen-bond donors (Lipinski definition) is 2. The normalized spacial score (nSPS) is 15.5. The lowest BCUT2D eigenvalue weighted by atomic mass is 10.1. The predicted octanol–water partition coefficient (Wildman–Crippen LogP) is 2.33. The molecule has 0 bridgehead atoms. The fourth-order valence-corrected chi connectivity index (χ4v) is 3.76. The van der Waals surface area contributed by atoms with Gasteiger partial charge in [0.05, 0.1) is 12.2 Å². The highest BCUT2D eigenvalue weighted by Gasteiger charge is 2.20. The van der Waals surface area contributed by atoms with Crippen LogP contribution in [0.4, 0.5) is 5.82 Å². The van der Waals surface area contributed by atoms with Crippen molar-refractivity contribution >= 4 is 17.2 Å². The molecule has 1 aliphatic rings. The van der Waals surface area contributed by atoms with E-state index >= 15 is 0 Å². The summed E-state index contributed by atoms with van der Waals surface area (Å²) >= 11 is 0. The number of aliphatic imine (C=N–C) groups is 1. The van der Waals surface area contributed by atoms with E-state index in [-0.39, 0.29) is 11.9 Å². The summed E-state index contributed by atoms with van der Waals surface area (Å²) in [6.07, 6.45) is 9.14. The number of ether oxygens (including phenoxy) is 1. The molecule has 0 unspecified atom stereocenters. The maximum absolute atomic E-state index is 6.23. The highest BCUT2D eigenvalue weighted by Crippen LogP contribution is 2.32. The van der Waals surface area contributed by atoms with Crippen molar-refractivity contribution in [3.8, 4) is 22.9 Å². The number of fused-ring (bicyclic) bond motifs is 1. The molecule has 5 heterocycles. The summed E-state index contributed by atoms with van der Waals surface area (Å²) in [6, 6.07) is 2.27. The molecule has 0 aromatic carbocycles. The summed E-state index contributed by atoms with van der Waals surface area (Å²) in [4.78, 5) is 13.7. The number of rotatable bonds is 5. The van der Waals surface area contributed by atoms with E-state index in [2.05, 4.69) is 29.1 Å². The molecule has 170 valence electrons. The van der Waals surface area contributed by atoms with Gasteiger partial charge in [-0.15, -0.1) is 5.10 Å². The van der Waals surface area contributed by atoms with E-state index in [0.717, 1.165) is 28.9 Å². The number of aromatic nitrogens is 7. The summed E-state index contributed by atoms with van der Waals surface area (Å²) in [5, 5.41) is 12.6. The van der Waals surface area contributed by atoms with Crippen LogP contribution in [0.5, 0.6) is 0 Å². The Morgan fingerprint density at radius 2 is 2.15 bits per heavy atom. The number of hydrogen-bond acceptors (Lipinski definition) is 7. The molecule has 0 radical (unpaired) electrons.